The van der Waals surface area contributed by atoms with Crippen molar-refractivity contribution in [2.75, 3.05) is 31.5 Å². The molecular formula is C17H19Cl2N3OS. The Morgan fingerprint density at radius 3 is 2.54 bits per heavy atom. The number of hydrogen-bond donors (Lipinski definition) is 1. The molecular weight excluding hydrogens is 365 g/mol. The summed E-state index contributed by atoms with van der Waals surface area (Å²) in [6.45, 7) is 5.96. The fourth-order valence-corrected chi connectivity index (χ4v) is 4.09. The molecule has 1 aliphatic heterocycles. The van der Waals surface area contributed by atoms with Crippen LogP contribution in [0.5, 0.6) is 0 Å². The molecule has 1 aromatic carbocycles. The number of nitrogens with zero attached hydrogens (tertiary/aromatic N) is 2. The number of aryl methyl sites for hydroxylation is 1. The molecule has 1 fully saturated rings. The van der Waals surface area contributed by atoms with E-state index >= 15 is 0 Å². The fraction of sp³-hybridized carbons (Fsp3) is 0.353. The number of carbonyl (C=O) groups is 1. The highest BCUT2D eigenvalue weighted by Crippen LogP contribution is 2.24. The lowest BCUT2D eigenvalue weighted by atomic mass is 10.2. The van der Waals surface area contributed by atoms with Crippen molar-refractivity contribution in [3.05, 3.63) is 50.1 Å². The van der Waals surface area contributed by atoms with Crippen molar-refractivity contribution in [3.8, 4) is 0 Å². The molecule has 1 aromatic heterocycles. The van der Waals surface area contributed by atoms with Gasteiger partial charge in [0.1, 0.15) is 0 Å². The lowest BCUT2D eigenvalue weighted by Gasteiger charge is -2.34. The van der Waals surface area contributed by atoms with Gasteiger partial charge in [-0.3, -0.25) is 4.90 Å². The first kappa shape index (κ1) is 17.5. The van der Waals surface area contributed by atoms with E-state index in [-0.39, 0.29) is 6.03 Å². The van der Waals surface area contributed by atoms with Crippen LogP contribution in [0.3, 0.4) is 0 Å². The van der Waals surface area contributed by atoms with Gasteiger partial charge in [0.05, 0.1) is 15.0 Å². The number of urea groups is 1. The van der Waals surface area contributed by atoms with E-state index in [0.717, 1.165) is 29.5 Å². The van der Waals surface area contributed by atoms with Gasteiger partial charge < -0.3 is 10.2 Å². The first-order valence-electron chi connectivity index (χ1n) is 7.80. The number of halogens is 2. The molecule has 1 N–H and O–H groups in total. The highest BCUT2D eigenvalue weighted by molar-refractivity contribution is 7.16. The van der Waals surface area contributed by atoms with E-state index in [2.05, 4.69) is 16.3 Å². The molecule has 128 valence electrons. The van der Waals surface area contributed by atoms with Crippen molar-refractivity contribution in [1.29, 1.82) is 0 Å². The van der Waals surface area contributed by atoms with Crippen LogP contribution >= 0.6 is 34.5 Å². The Balaban J connectivity index is 1.51. The summed E-state index contributed by atoms with van der Waals surface area (Å²) in [6, 6.07) is 9.51. The van der Waals surface area contributed by atoms with Gasteiger partial charge in [-0.15, -0.1) is 11.3 Å². The van der Waals surface area contributed by atoms with E-state index in [1.54, 1.807) is 11.3 Å². The number of amides is 2. The van der Waals surface area contributed by atoms with Crippen LogP contribution in [0.15, 0.2) is 30.3 Å². The molecule has 0 aliphatic carbocycles. The largest absolute Gasteiger partial charge is 0.322 e. The minimum atomic E-state index is -0.0976. The van der Waals surface area contributed by atoms with Crippen LogP contribution in [0, 0.1) is 6.92 Å². The lowest BCUT2D eigenvalue weighted by Crippen LogP contribution is -2.49. The van der Waals surface area contributed by atoms with Gasteiger partial charge in [-0.1, -0.05) is 29.3 Å². The smallest absolute Gasteiger partial charge is 0.321 e. The molecule has 2 heterocycles. The van der Waals surface area contributed by atoms with Crippen molar-refractivity contribution in [1.82, 2.24) is 9.80 Å². The van der Waals surface area contributed by atoms with Crippen molar-refractivity contribution in [3.63, 3.8) is 0 Å². The van der Waals surface area contributed by atoms with Crippen molar-refractivity contribution in [2.24, 2.45) is 0 Å². The number of piperazine rings is 1. The van der Waals surface area contributed by atoms with Crippen LogP contribution in [0.4, 0.5) is 10.5 Å². The maximum absolute atomic E-state index is 12.4. The van der Waals surface area contributed by atoms with E-state index in [9.17, 15) is 4.79 Å². The third-order valence-electron chi connectivity index (χ3n) is 4.03. The van der Waals surface area contributed by atoms with Gasteiger partial charge in [0.2, 0.25) is 0 Å². The maximum Gasteiger partial charge on any atom is 0.321 e. The summed E-state index contributed by atoms with van der Waals surface area (Å²) < 4.78 is 0.818. The number of anilines is 1. The van der Waals surface area contributed by atoms with Crippen molar-refractivity contribution >= 4 is 46.3 Å². The van der Waals surface area contributed by atoms with Gasteiger partial charge in [0.25, 0.3) is 0 Å². The zero-order chi connectivity index (χ0) is 17.1. The Bertz CT molecular complexity index is 726. The van der Waals surface area contributed by atoms with Crippen LogP contribution in [-0.4, -0.2) is 42.0 Å². The normalized spacial score (nSPS) is 15.5. The topological polar surface area (TPSA) is 35.6 Å². The average molecular weight is 384 g/mol. The van der Waals surface area contributed by atoms with E-state index in [4.69, 9.17) is 23.2 Å². The van der Waals surface area contributed by atoms with Gasteiger partial charge in [0, 0.05) is 37.6 Å². The molecule has 1 saturated heterocycles. The molecule has 0 bridgehead atoms. The highest BCUT2D eigenvalue weighted by atomic mass is 35.5. The summed E-state index contributed by atoms with van der Waals surface area (Å²) in [5, 5.41) is 3.46. The Kier molecular flexibility index (Phi) is 5.66. The molecule has 0 spiro atoms. The van der Waals surface area contributed by atoms with Crippen LogP contribution in [0.2, 0.25) is 9.36 Å². The number of hydrogen-bond acceptors (Lipinski definition) is 3. The van der Waals surface area contributed by atoms with Gasteiger partial charge in [-0.05, 0) is 36.8 Å². The molecule has 0 saturated carbocycles. The third kappa shape index (κ3) is 4.42. The molecule has 0 unspecified atom stereocenters. The molecule has 2 aromatic rings. The number of rotatable bonds is 3. The molecule has 7 heteroatoms. The molecule has 2 amide bonds. The molecule has 3 rings (SSSR count). The van der Waals surface area contributed by atoms with Crippen molar-refractivity contribution < 1.29 is 4.79 Å². The quantitative estimate of drug-likeness (QED) is 0.832. The maximum atomic E-state index is 12.4. The zero-order valence-electron chi connectivity index (χ0n) is 13.4. The number of benzene rings is 1. The second kappa shape index (κ2) is 7.74. The summed E-state index contributed by atoms with van der Waals surface area (Å²) in [6.07, 6.45) is 0. The van der Waals surface area contributed by atoms with Crippen LogP contribution in [0.25, 0.3) is 0 Å². The second-order valence-electron chi connectivity index (χ2n) is 5.88. The molecule has 24 heavy (non-hydrogen) atoms. The minimum absolute atomic E-state index is 0.0976. The predicted molar refractivity (Wildman–Crippen MR) is 101 cm³/mol. The summed E-state index contributed by atoms with van der Waals surface area (Å²) in [7, 11) is 0. The van der Waals surface area contributed by atoms with Gasteiger partial charge in [-0.2, -0.15) is 0 Å². The van der Waals surface area contributed by atoms with E-state index < -0.39 is 0 Å². The van der Waals surface area contributed by atoms with Crippen LogP contribution < -0.4 is 5.32 Å². The Hall–Kier alpha value is -1.27. The van der Waals surface area contributed by atoms with Crippen molar-refractivity contribution in [2.45, 2.75) is 13.5 Å². The van der Waals surface area contributed by atoms with E-state index in [1.807, 2.05) is 36.1 Å². The third-order valence-corrected chi connectivity index (χ3v) is 5.56. The number of nitrogens with one attached hydrogen (secondary N) is 1. The second-order valence-corrected chi connectivity index (χ2v) is 8.09. The summed E-state index contributed by atoms with van der Waals surface area (Å²) in [4.78, 5) is 17.8. The molecule has 0 atom stereocenters. The summed E-state index contributed by atoms with van der Waals surface area (Å²) in [5.74, 6) is 0. The predicted octanol–water partition coefficient (Wildman–Crippen LogP) is 4.71. The van der Waals surface area contributed by atoms with Crippen LogP contribution in [0.1, 0.15) is 10.4 Å². The first-order valence-corrected chi connectivity index (χ1v) is 9.37. The van der Waals surface area contributed by atoms with Crippen LogP contribution in [-0.2, 0) is 6.54 Å². The summed E-state index contributed by atoms with van der Waals surface area (Å²) >= 11 is 13.8. The molecule has 1 aliphatic rings. The highest BCUT2D eigenvalue weighted by Gasteiger charge is 2.22. The Labute approximate surface area is 156 Å². The average Bonchev–Trinajstić information content (AvgIpc) is 2.96. The standard InChI is InChI=1S/C17H19Cl2N3OS/c1-12-2-4-15(14(18)10-12)20-17(23)22-8-6-21(7-9-22)11-13-3-5-16(19)24-13/h2-5,10H,6-9,11H2,1H3,(H,20,23). The summed E-state index contributed by atoms with van der Waals surface area (Å²) in [5.41, 5.74) is 1.73. The minimum Gasteiger partial charge on any atom is -0.322 e. The monoisotopic (exact) mass is 383 g/mol. The first-order chi connectivity index (χ1) is 11.5. The zero-order valence-corrected chi connectivity index (χ0v) is 15.7. The van der Waals surface area contributed by atoms with E-state index in [1.165, 1.54) is 4.88 Å². The molecule has 4 nitrogen and oxygen atoms in total. The van der Waals surface area contributed by atoms with Gasteiger partial charge >= 0.3 is 6.03 Å². The lowest BCUT2D eigenvalue weighted by molar-refractivity contribution is 0.143. The van der Waals surface area contributed by atoms with Gasteiger partial charge in [0.15, 0.2) is 0 Å². The van der Waals surface area contributed by atoms with Gasteiger partial charge in [-0.25, -0.2) is 4.79 Å². The Morgan fingerprint density at radius 1 is 1.17 bits per heavy atom. The fourth-order valence-electron chi connectivity index (χ4n) is 2.68. The van der Waals surface area contributed by atoms with E-state index in [0.29, 0.717) is 23.8 Å². The molecule has 0 radical (unpaired) electrons. The SMILES string of the molecule is Cc1ccc(NC(=O)N2CCN(Cc3ccc(Cl)s3)CC2)c(Cl)c1. The number of thiophene rings is 1. The number of carbonyl (C=O) groups excluding carboxylic acids is 1. The Morgan fingerprint density at radius 2 is 1.92 bits per heavy atom.